The molecule has 2 rings (SSSR count). The molecule has 2 unspecified atom stereocenters. The molecule has 0 bridgehead atoms. The van der Waals surface area contributed by atoms with Crippen LogP contribution < -0.4 is 11.1 Å². The quantitative estimate of drug-likeness (QED) is 0.867. The first-order valence-corrected chi connectivity index (χ1v) is 6.96. The van der Waals surface area contributed by atoms with Crippen LogP contribution in [-0.2, 0) is 11.3 Å². The van der Waals surface area contributed by atoms with Gasteiger partial charge in [-0.15, -0.1) is 12.4 Å². The van der Waals surface area contributed by atoms with E-state index < -0.39 is 0 Å². The van der Waals surface area contributed by atoms with E-state index in [0.717, 1.165) is 19.5 Å². The fraction of sp³-hybridized carbons (Fsp3) is 0.533. The van der Waals surface area contributed by atoms with Crippen LogP contribution in [0.2, 0.25) is 0 Å². The first kappa shape index (κ1) is 17.0. The normalized spacial score (nSPS) is 22.3. The van der Waals surface area contributed by atoms with Gasteiger partial charge >= 0.3 is 0 Å². The summed E-state index contributed by atoms with van der Waals surface area (Å²) in [5.74, 6) is 0.0706. The van der Waals surface area contributed by atoms with Gasteiger partial charge in [0.25, 0.3) is 0 Å². The topological polar surface area (TPSA) is 58.4 Å². The van der Waals surface area contributed by atoms with E-state index in [9.17, 15) is 4.79 Å². The number of hydrogen-bond donors (Lipinski definition) is 2. The third kappa shape index (κ3) is 4.78. The van der Waals surface area contributed by atoms with E-state index >= 15 is 0 Å². The minimum absolute atomic E-state index is 0. The van der Waals surface area contributed by atoms with Crippen molar-refractivity contribution in [3.63, 3.8) is 0 Å². The maximum Gasteiger partial charge on any atom is 0.221 e. The van der Waals surface area contributed by atoms with Crippen molar-refractivity contribution in [1.29, 1.82) is 0 Å². The van der Waals surface area contributed by atoms with Crippen molar-refractivity contribution in [2.24, 2.45) is 5.73 Å². The van der Waals surface area contributed by atoms with E-state index in [1.54, 1.807) is 0 Å². The molecule has 0 aliphatic carbocycles. The van der Waals surface area contributed by atoms with Gasteiger partial charge in [-0.25, -0.2) is 0 Å². The van der Waals surface area contributed by atoms with Gasteiger partial charge in [-0.05, 0) is 18.9 Å². The summed E-state index contributed by atoms with van der Waals surface area (Å²) in [7, 11) is 0. The fourth-order valence-corrected chi connectivity index (χ4v) is 2.67. The summed E-state index contributed by atoms with van der Waals surface area (Å²) in [4.78, 5) is 14.0. The smallest absolute Gasteiger partial charge is 0.221 e. The van der Waals surface area contributed by atoms with Crippen molar-refractivity contribution in [2.75, 3.05) is 13.1 Å². The number of halogens is 1. The summed E-state index contributed by atoms with van der Waals surface area (Å²) >= 11 is 0. The van der Waals surface area contributed by atoms with Gasteiger partial charge in [-0.2, -0.15) is 0 Å². The molecule has 4 nitrogen and oxygen atoms in total. The number of nitrogens with one attached hydrogen (secondary N) is 1. The lowest BCUT2D eigenvalue weighted by atomic mass is 10.2. The van der Waals surface area contributed by atoms with E-state index in [2.05, 4.69) is 41.4 Å². The van der Waals surface area contributed by atoms with Crippen molar-refractivity contribution in [2.45, 2.75) is 38.4 Å². The molecule has 0 aromatic heterocycles. The Kier molecular flexibility index (Phi) is 6.99. The van der Waals surface area contributed by atoms with Gasteiger partial charge in [0.1, 0.15) is 0 Å². The van der Waals surface area contributed by atoms with Crippen molar-refractivity contribution < 1.29 is 4.79 Å². The Bertz CT molecular complexity index is 413. The van der Waals surface area contributed by atoms with E-state index in [1.165, 1.54) is 5.56 Å². The molecule has 0 radical (unpaired) electrons. The van der Waals surface area contributed by atoms with Crippen molar-refractivity contribution in [3.8, 4) is 0 Å². The molecular weight excluding hydrogens is 274 g/mol. The molecular formula is C15H24ClN3O. The lowest BCUT2D eigenvalue weighted by molar-refractivity contribution is -0.121. The third-order valence-electron chi connectivity index (χ3n) is 3.67. The second kappa shape index (κ2) is 8.25. The van der Waals surface area contributed by atoms with Crippen LogP contribution in [0.3, 0.4) is 0 Å². The highest BCUT2D eigenvalue weighted by atomic mass is 35.5. The molecule has 1 saturated heterocycles. The van der Waals surface area contributed by atoms with Gasteiger partial charge in [0.15, 0.2) is 0 Å². The molecule has 1 aromatic rings. The number of likely N-dealkylation sites (tertiary alicyclic amines) is 1. The minimum Gasteiger partial charge on any atom is -0.352 e. The van der Waals surface area contributed by atoms with Gasteiger partial charge in [0.2, 0.25) is 5.91 Å². The molecule has 5 heteroatoms. The highest BCUT2D eigenvalue weighted by Gasteiger charge is 2.29. The Labute approximate surface area is 127 Å². The SMILES string of the molecule is CC1CC(NC(=O)CCN)CN1Cc1ccccc1.Cl. The standard InChI is InChI=1S/C15H23N3O.ClH/c1-12-9-14(17-15(19)7-8-16)11-18(12)10-13-5-3-2-4-6-13;/h2-6,12,14H,7-11,16H2,1H3,(H,17,19);1H. The molecule has 0 spiro atoms. The lowest BCUT2D eigenvalue weighted by Gasteiger charge is -2.20. The number of hydrogen-bond acceptors (Lipinski definition) is 3. The van der Waals surface area contributed by atoms with Crippen LogP contribution in [0.1, 0.15) is 25.3 Å². The molecule has 3 N–H and O–H groups in total. The number of carbonyl (C=O) groups excluding carboxylic acids is 1. The van der Waals surface area contributed by atoms with Crippen LogP contribution in [0.4, 0.5) is 0 Å². The average Bonchev–Trinajstić information content (AvgIpc) is 2.71. The first-order valence-electron chi connectivity index (χ1n) is 6.96. The second-order valence-corrected chi connectivity index (χ2v) is 5.30. The van der Waals surface area contributed by atoms with Gasteiger partial charge in [0.05, 0.1) is 0 Å². The van der Waals surface area contributed by atoms with E-state index in [1.807, 2.05) is 6.07 Å². The summed E-state index contributed by atoms with van der Waals surface area (Å²) in [6.45, 7) is 4.51. The van der Waals surface area contributed by atoms with Crippen LogP contribution in [0.25, 0.3) is 0 Å². The number of amides is 1. The van der Waals surface area contributed by atoms with Gasteiger partial charge < -0.3 is 11.1 Å². The second-order valence-electron chi connectivity index (χ2n) is 5.30. The maximum absolute atomic E-state index is 11.6. The Balaban J connectivity index is 0.00000200. The molecule has 1 amide bonds. The molecule has 1 aliphatic heterocycles. The fourth-order valence-electron chi connectivity index (χ4n) is 2.67. The summed E-state index contributed by atoms with van der Waals surface area (Å²) in [5.41, 5.74) is 6.71. The monoisotopic (exact) mass is 297 g/mol. The number of rotatable bonds is 5. The van der Waals surface area contributed by atoms with E-state index in [-0.39, 0.29) is 24.4 Å². The predicted molar refractivity (Wildman–Crippen MR) is 83.8 cm³/mol. The van der Waals surface area contributed by atoms with Crippen LogP contribution in [0.15, 0.2) is 30.3 Å². The lowest BCUT2D eigenvalue weighted by Crippen LogP contribution is -2.37. The number of benzene rings is 1. The zero-order valence-corrected chi connectivity index (χ0v) is 12.7. The molecule has 1 aromatic carbocycles. The van der Waals surface area contributed by atoms with Crippen LogP contribution in [0.5, 0.6) is 0 Å². The third-order valence-corrected chi connectivity index (χ3v) is 3.67. The largest absolute Gasteiger partial charge is 0.352 e. The van der Waals surface area contributed by atoms with E-state index in [0.29, 0.717) is 19.0 Å². The van der Waals surface area contributed by atoms with Crippen LogP contribution >= 0.6 is 12.4 Å². The molecule has 1 heterocycles. The molecule has 112 valence electrons. The maximum atomic E-state index is 11.6. The first-order chi connectivity index (χ1) is 9.19. The average molecular weight is 298 g/mol. The van der Waals surface area contributed by atoms with Crippen LogP contribution in [0, 0.1) is 0 Å². The summed E-state index contributed by atoms with van der Waals surface area (Å²) in [6.07, 6.45) is 1.44. The molecule has 20 heavy (non-hydrogen) atoms. The van der Waals surface area contributed by atoms with Crippen molar-refractivity contribution >= 4 is 18.3 Å². The van der Waals surface area contributed by atoms with Crippen molar-refractivity contribution in [1.82, 2.24) is 10.2 Å². The van der Waals surface area contributed by atoms with Gasteiger partial charge in [-0.3, -0.25) is 9.69 Å². The molecule has 2 atom stereocenters. The van der Waals surface area contributed by atoms with Crippen molar-refractivity contribution in [3.05, 3.63) is 35.9 Å². The summed E-state index contributed by atoms with van der Waals surface area (Å²) < 4.78 is 0. The predicted octanol–water partition coefficient (Wildman–Crippen LogP) is 1.54. The number of nitrogens with two attached hydrogens (primary N) is 1. The Morgan fingerprint density at radius 1 is 1.40 bits per heavy atom. The van der Waals surface area contributed by atoms with E-state index in [4.69, 9.17) is 5.73 Å². The highest BCUT2D eigenvalue weighted by Crippen LogP contribution is 2.20. The minimum atomic E-state index is 0. The molecule has 1 fully saturated rings. The molecule has 0 saturated carbocycles. The van der Waals surface area contributed by atoms with Gasteiger partial charge in [0, 0.05) is 38.1 Å². The molecule has 1 aliphatic rings. The zero-order valence-electron chi connectivity index (χ0n) is 11.9. The summed E-state index contributed by atoms with van der Waals surface area (Å²) in [5, 5.41) is 3.07. The van der Waals surface area contributed by atoms with Crippen LogP contribution in [-0.4, -0.2) is 36.0 Å². The van der Waals surface area contributed by atoms with Gasteiger partial charge in [-0.1, -0.05) is 30.3 Å². The number of carbonyl (C=O) groups is 1. The highest BCUT2D eigenvalue weighted by molar-refractivity contribution is 5.85. The Morgan fingerprint density at radius 3 is 2.75 bits per heavy atom. The summed E-state index contributed by atoms with van der Waals surface area (Å²) in [6, 6.07) is 11.2. The Morgan fingerprint density at radius 2 is 2.10 bits per heavy atom. The Hall–Kier alpha value is -1.10. The number of nitrogens with zero attached hydrogens (tertiary/aromatic N) is 1. The zero-order chi connectivity index (χ0) is 13.7.